The van der Waals surface area contributed by atoms with Gasteiger partial charge in [-0.15, -0.1) is 0 Å². The number of carbonyl (C=O) groups is 1. The van der Waals surface area contributed by atoms with E-state index < -0.39 is 0 Å². The standard InChI is InChI=1S/C27H32BrN3O3S/c1-5-31-26(32)24(17-19-15-22(28)25(34-18(2)3)23(16-19)33-4)35-27(31)29-20-9-11-21(12-10-20)30-13-7-6-8-14-30/h9-12,15-18H,5-8,13-14H2,1-4H3/b24-17-,29-27?. The van der Waals surface area contributed by atoms with Gasteiger partial charge in [-0.25, -0.2) is 4.99 Å². The fraction of sp³-hybridized carbons (Fsp3) is 0.407. The number of anilines is 1. The zero-order valence-corrected chi connectivity index (χ0v) is 23.1. The first-order valence-electron chi connectivity index (χ1n) is 12.1. The lowest BCUT2D eigenvalue weighted by molar-refractivity contribution is -0.122. The number of piperidine rings is 1. The molecule has 6 nitrogen and oxygen atoms in total. The molecule has 8 heteroatoms. The molecular formula is C27H32BrN3O3S. The van der Waals surface area contributed by atoms with E-state index in [2.05, 4.69) is 33.0 Å². The van der Waals surface area contributed by atoms with Crippen LogP contribution in [0, 0.1) is 0 Å². The Kier molecular flexibility index (Phi) is 8.44. The fourth-order valence-electron chi connectivity index (χ4n) is 4.20. The Morgan fingerprint density at radius 3 is 2.49 bits per heavy atom. The summed E-state index contributed by atoms with van der Waals surface area (Å²) in [6.07, 6.45) is 5.71. The molecule has 2 aliphatic heterocycles. The molecule has 35 heavy (non-hydrogen) atoms. The number of likely N-dealkylation sites (N-methyl/N-ethyl adjacent to an activating group) is 1. The van der Waals surface area contributed by atoms with Gasteiger partial charge in [-0.3, -0.25) is 9.69 Å². The average Bonchev–Trinajstić information content (AvgIpc) is 3.14. The maximum absolute atomic E-state index is 13.1. The molecule has 2 fully saturated rings. The molecule has 4 rings (SSSR count). The number of hydrogen-bond acceptors (Lipinski definition) is 6. The molecule has 0 unspecified atom stereocenters. The van der Waals surface area contributed by atoms with Gasteiger partial charge in [-0.2, -0.15) is 0 Å². The Morgan fingerprint density at radius 2 is 1.86 bits per heavy atom. The number of methoxy groups -OCH3 is 1. The Hall–Kier alpha value is -2.45. The first-order valence-corrected chi connectivity index (χ1v) is 13.7. The van der Waals surface area contributed by atoms with Gasteiger partial charge in [0, 0.05) is 25.3 Å². The van der Waals surface area contributed by atoms with E-state index in [0.29, 0.717) is 28.1 Å². The molecule has 2 aliphatic rings. The number of carbonyl (C=O) groups excluding carboxylic acids is 1. The van der Waals surface area contributed by atoms with Gasteiger partial charge in [0.25, 0.3) is 5.91 Å². The highest BCUT2D eigenvalue weighted by Crippen LogP contribution is 2.40. The summed E-state index contributed by atoms with van der Waals surface area (Å²) in [6.45, 7) is 8.69. The molecule has 1 amide bonds. The molecule has 186 valence electrons. The Morgan fingerprint density at radius 1 is 1.14 bits per heavy atom. The Bertz CT molecular complexity index is 1130. The highest BCUT2D eigenvalue weighted by molar-refractivity contribution is 9.10. The summed E-state index contributed by atoms with van der Waals surface area (Å²) in [5.74, 6) is 1.23. The van der Waals surface area contributed by atoms with E-state index in [1.807, 2.05) is 51.1 Å². The molecule has 0 aliphatic carbocycles. The van der Waals surface area contributed by atoms with Crippen molar-refractivity contribution in [2.75, 3.05) is 31.6 Å². The predicted octanol–water partition coefficient (Wildman–Crippen LogP) is 6.86. The van der Waals surface area contributed by atoms with Crippen molar-refractivity contribution in [2.45, 2.75) is 46.1 Å². The number of nitrogens with zero attached hydrogens (tertiary/aromatic N) is 3. The monoisotopic (exact) mass is 557 g/mol. The smallest absolute Gasteiger partial charge is 0.266 e. The van der Waals surface area contributed by atoms with E-state index in [9.17, 15) is 4.79 Å². The first kappa shape index (κ1) is 25.6. The minimum Gasteiger partial charge on any atom is -0.493 e. The molecule has 0 spiro atoms. The third-order valence-corrected chi connectivity index (χ3v) is 7.50. The quantitative estimate of drug-likeness (QED) is 0.348. The van der Waals surface area contributed by atoms with Crippen molar-refractivity contribution in [3.63, 3.8) is 0 Å². The van der Waals surface area contributed by atoms with Gasteiger partial charge >= 0.3 is 0 Å². The minimum absolute atomic E-state index is 0.0159. The van der Waals surface area contributed by atoms with Crippen LogP contribution in [0.5, 0.6) is 11.5 Å². The number of rotatable bonds is 7. The summed E-state index contributed by atoms with van der Waals surface area (Å²) >= 11 is 4.98. The molecule has 2 aromatic carbocycles. The van der Waals surface area contributed by atoms with Crippen LogP contribution in [0.3, 0.4) is 0 Å². The Balaban J connectivity index is 1.57. The van der Waals surface area contributed by atoms with Crippen molar-refractivity contribution >= 4 is 56.2 Å². The molecule has 0 aromatic heterocycles. The zero-order chi connectivity index (χ0) is 24.9. The van der Waals surface area contributed by atoms with E-state index in [0.717, 1.165) is 28.8 Å². The van der Waals surface area contributed by atoms with E-state index in [-0.39, 0.29) is 12.0 Å². The van der Waals surface area contributed by atoms with Gasteiger partial charge in [-0.1, -0.05) is 0 Å². The summed E-state index contributed by atoms with van der Waals surface area (Å²) in [4.78, 5) is 22.7. The highest BCUT2D eigenvalue weighted by atomic mass is 79.9. The van der Waals surface area contributed by atoms with Crippen LogP contribution in [-0.4, -0.2) is 48.8 Å². The third-order valence-electron chi connectivity index (χ3n) is 5.90. The normalized spacial score (nSPS) is 18.7. The lowest BCUT2D eigenvalue weighted by atomic mass is 10.1. The molecule has 0 atom stereocenters. The van der Waals surface area contributed by atoms with E-state index in [1.54, 1.807) is 12.0 Å². The number of amidine groups is 1. The second-order valence-corrected chi connectivity index (χ2v) is 10.7. The van der Waals surface area contributed by atoms with Gasteiger partial charge in [0.1, 0.15) is 0 Å². The number of benzene rings is 2. The largest absolute Gasteiger partial charge is 0.493 e. The summed E-state index contributed by atoms with van der Waals surface area (Å²) < 4.78 is 12.2. The fourth-order valence-corrected chi connectivity index (χ4v) is 5.81. The topological polar surface area (TPSA) is 54.4 Å². The lowest BCUT2D eigenvalue weighted by Crippen LogP contribution is -2.29. The number of thioether (sulfide) groups is 1. The van der Waals surface area contributed by atoms with Crippen molar-refractivity contribution in [1.29, 1.82) is 0 Å². The molecule has 0 N–H and O–H groups in total. The zero-order valence-electron chi connectivity index (χ0n) is 20.7. The number of ether oxygens (including phenoxy) is 2. The minimum atomic E-state index is -0.0428. The van der Waals surface area contributed by atoms with Crippen LogP contribution in [0.25, 0.3) is 6.08 Å². The predicted molar refractivity (Wildman–Crippen MR) is 149 cm³/mol. The van der Waals surface area contributed by atoms with Crippen LogP contribution in [-0.2, 0) is 4.79 Å². The SMILES string of the molecule is CCN1C(=O)/C(=C/c2cc(Br)c(OC(C)C)c(OC)c2)SC1=Nc1ccc(N2CCCCC2)cc1. The van der Waals surface area contributed by atoms with Crippen molar-refractivity contribution < 1.29 is 14.3 Å². The number of halogens is 1. The molecule has 2 aromatic rings. The second-order valence-electron chi connectivity index (χ2n) is 8.82. The van der Waals surface area contributed by atoms with Crippen molar-refractivity contribution in [2.24, 2.45) is 4.99 Å². The summed E-state index contributed by atoms with van der Waals surface area (Å²) in [5, 5.41) is 0.695. The first-order chi connectivity index (χ1) is 16.9. The molecule has 0 bridgehead atoms. The lowest BCUT2D eigenvalue weighted by Gasteiger charge is -2.28. The van der Waals surface area contributed by atoms with Gasteiger partial charge in [-0.05, 0) is 116 Å². The summed E-state index contributed by atoms with van der Waals surface area (Å²) in [7, 11) is 1.61. The molecule has 0 saturated carbocycles. The Labute approximate surface area is 220 Å². The average molecular weight is 559 g/mol. The highest BCUT2D eigenvalue weighted by Gasteiger charge is 2.32. The van der Waals surface area contributed by atoms with Crippen LogP contribution >= 0.6 is 27.7 Å². The molecule has 2 heterocycles. The van der Waals surface area contributed by atoms with Gasteiger partial charge in [0.15, 0.2) is 16.7 Å². The number of hydrogen-bond donors (Lipinski definition) is 0. The maximum Gasteiger partial charge on any atom is 0.266 e. The molecular weight excluding hydrogens is 526 g/mol. The second kappa shape index (κ2) is 11.5. The number of aliphatic imine (C=N–C) groups is 1. The van der Waals surface area contributed by atoms with Crippen molar-refractivity contribution in [1.82, 2.24) is 4.90 Å². The van der Waals surface area contributed by atoms with Crippen LogP contribution < -0.4 is 14.4 Å². The van der Waals surface area contributed by atoms with Crippen LogP contribution in [0.1, 0.15) is 45.6 Å². The van der Waals surface area contributed by atoms with Gasteiger partial charge < -0.3 is 14.4 Å². The van der Waals surface area contributed by atoms with E-state index >= 15 is 0 Å². The van der Waals surface area contributed by atoms with Gasteiger partial charge in [0.05, 0.1) is 28.3 Å². The van der Waals surface area contributed by atoms with Crippen molar-refractivity contribution in [3.05, 3.63) is 51.3 Å². The van der Waals surface area contributed by atoms with Gasteiger partial charge in [0.2, 0.25) is 0 Å². The van der Waals surface area contributed by atoms with Crippen molar-refractivity contribution in [3.8, 4) is 11.5 Å². The van der Waals surface area contributed by atoms with Crippen LogP contribution in [0.15, 0.2) is 50.8 Å². The summed E-state index contributed by atoms with van der Waals surface area (Å²) in [6, 6.07) is 12.1. The molecule has 2 saturated heterocycles. The maximum atomic E-state index is 13.1. The number of amides is 1. The van der Waals surface area contributed by atoms with E-state index in [1.165, 1.54) is 36.7 Å². The van der Waals surface area contributed by atoms with Crippen LogP contribution in [0.4, 0.5) is 11.4 Å². The summed E-state index contributed by atoms with van der Waals surface area (Å²) in [5.41, 5.74) is 2.94. The third kappa shape index (κ3) is 6.04. The van der Waals surface area contributed by atoms with E-state index in [4.69, 9.17) is 14.5 Å². The van der Waals surface area contributed by atoms with Crippen LogP contribution in [0.2, 0.25) is 0 Å². The molecule has 0 radical (unpaired) electrons.